The molecule has 0 bridgehead atoms. The van der Waals surface area contributed by atoms with Crippen molar-refractivity contribution < 1.29 is 18.3 Å². The molecule has 1 fully saturated rings. The van der Waals surface area contributed by atoms with E-state index in [-0.39, 0.29) is 22.1 Å². The molecular weight excluding hydrogens is 366 g/mol. The molecular formula is C17H17ClF2N4O2. The Kier molecular flexibility index (Phi) is 5.22. The van der Waals surface area contributed by atoms with Gasteiger partial charge in [-0.3, -0.25) is 0 Å². The van der Waals surface area contributed by atoms with E-state index in [1.807, 2.05) is 4.90 Å². The number of nitrogens with two attached hydrogens (primary N) is 1. The summed E-state index contributed by atoms with van der Waals surface area (Å²) in [5.41, 5.74) is 6.24. The Labute approximate surface area is 153 Å². The number of piperidine rings is 1. The summed E-state index contributed by atoms with van der Waals surface area (Å²) in [6, 6.07) is 3.59. The predicted molar refractivity (Wildman–Crippen MR) is 93.3 cm³/mol. The van der Waals surface area contributed by atoms with Gasteiger partial charge in [-0.25, -0.2) is 13.6 Å². The number of anilines is 2. The van der Waals surface area contributed by atoms with Crippen LogP contribution in [0.1, 0.15) is 34.7 Å². The number of nitrogen functional groups attached to an aromatic ring is 1. The number of ether oxygens (including phenoxy) is 1. The number of esters is 1. The summed E-state index contributed by atoms with van der Waals surface area (Å²) in [5, 5.41) is 7.65. The standard InChI is InChI=1S/C17H17ClF2N4O2/c1-26-17(25)10-5-11(19)15(12(20)6-10)9-3-2-4-24(8-9)13-7-14(18)22-23-16(13)21/h5-7,9H,2-4,8H2,1H3,(H2,21,23)/t9-/m0/s1. The van der Waals surface area contributed by atoms with Crippen LogP contribution >= 0.6 is 11.6 Å². The van der Waals surface area contributed by atoms with Crippen molar-refractivity contribution in [3.8, 4) is 0 Å². The molecule has 0 spiro atoms. The zero-order valence-corrected chi connectivity index (χ0v) is 14.8. The lowest BCUT2D eigenvalue weighted by Crippen LogP contribution is -2.35. The minimum absolute atomic E-state index is 0.0472. The van der Waals surface area contributed by atoms with Gasteiger partial charge in [-0.15, -0.1) is 10.2 Å². The largest absolute Gasteiger partial charge is 0.465 e. The van der Waals surface area contributed by atoms with Gasteiger partial charge in [-0.1, -0.05) is 11.6 Å². The van der Waals surface area contributed by atoms with Crippen molar-refractivity contribution in [3.63, 3.8) is 0 Å². The molecule has 1 aliphatic heterocycles. The van der Waals surface area contributed by atoms with Crippen molar-refractivity contribution in [2.45, 2.75) is 18.8 Å². The predicted octanol–water partition coefficient (Wildman–Crippen LogP) is 3.16. The second kappa shape index (κ2) is 7.41. The molecule has 9 heteroatoms. The molecule has 0 aliphatic carbocycles. The molecule has 0 amide bonds. The first-order valence-electron chi connectivity index (χ1n) is 8.01. The zero-order chi connectivity index (χ0) is 18.8. The van der Waals surface area contributed by atoms with Crippen LogP contribution in [0.5, 0.6) is 0 Å². The second-order valence-electron chi connectivity index (χ2n) is 6.07. The summed E-state index contributed by atoms with van der Waals surface area (Å²) < 4.78 is 33.6. The number of benzene rings is 1. The Balaban J connectivity index is 1.90. The van der Waals surface area contributed by atoms with Crippen LogP contribution in [-0.2, 0) is 4.74 Å². The number of nitrogens with zero attached hydrogens (tertiary/aromatic N) is 3. The number of halogens is 3. The van der Waals surface area contributed by atoms with Crippen LogP contribution in [0.15, 0.2) is 18.2 Å². The average Bonchev–Trinajstić information content (AvgIpc) is 2.62. The SMILES string of the molecule is COC(=O)c1cc(F)c([C@H]2CCCN(c3cc(Cl)nnc3N)C2)c(F)c1. The molecule has 1 atom stereocenters. The third kappa shape index (κ3) is 3.55. The number of methoxy groups -OCH3 is 1. The third-order valence-corrected chi connectivity index (χ3v) is 4.63. The van der Waals surface area contributed by atoms with Crippen LogP contribution in [0.25, 0.3) is 0 Å². The fraction of sp³-hybridized carbons (Fsp3) is 0.353. The zero-order valence-electron chi connectivity index (χ0n) is 14.0. The van der Waals surface area contributed by atoms with Crippen LogP contribution in [0.2, 0.25) is 5.15 Å². The van der Waals surface area contributed by atoms with E-state index in [0.29, 0.717) is 31.6 Å². The Morgan fingerprint density at radius 1 is 1.31 bits per heavy atom. The molecule has 0 saturated carbocycles. The van der Waals surface area contributed by atoms with Gasteiger partial charge in [-0.05, 0) is 25.0 Å². The smallest absolute Gasteiger partial charge is 0.338 e. The van der Waals surface area contributed by atoms with E-state index in [1.165, 1.54) is 0 Å². The summed E-state index contributed by atoms with van der Waals surface area (Å²) in [5.74, 6) is -2.52. The van der Waals surface area contributed by atoms with Crippen molar-refractivity contribution >= 4 is 29.1 Å². The molecule has 1 aromatic heterocycles. The number of hydrogen-bond acceptors (Lipinski definition) is 6. The minimum atomic E-state index is -0.787. The molecule has 3 rings (SSSR count). The van der Waals surface area contributed by atoms with Crippen molar-refractivity contribution in [2.75, 3.05) is 30.8 Å². The molecule has 26 heavy (non-hydrogen) atoms. The minimum Gasteiger partial charge on any atom is -0.465 e. The summed E-state index contributed by atoms with van der Waals surface area (Å²) in [6.45, 7) is 1.00. The van der Waals surface area contributed by atoms with E-state index in [9.17, 15) is 13.6 Å². The molecule has 2 N–H and O–H groups in total. The normalized spacial score (nSPS) is 17.2. The summed E-state index contributed by atoms with van der Waals surface area (Å²) in [7, 11) is 1.16. The molecule has 2 aromatic rings. The van der Waals surface area contributed by atoms with Gasteiger partial charge in [-0.2, -0.15) is 0 Å². The fourth-order valence-corrected chi connectivity index (χ4v) is 3.40. The summed E-state index contributed by atoms with van der Waals surface area (Å²) in [6.07, 6.45) is 1.32. The summed E-state index contributed by atoms with van der Waals surface area (Å²) in [4.78, 5) is 13.4. The molecule has 0 unspecified atom stereocenters. The van der Waals surface area contributed by atoms with Gasteiger partial charge in [0.15, 0.2) is 11.0 Å². The van der Waals surface area contributed by atoms with E-state index < -0.39 is 23.5 Å². The van der Waals surface area contributed by atoms with Crippen molar-refractivity contribution in [2.24, 2.45) is 0 Å². The lowest BCUT2D eigenvalue weighted by Gasteiger charge is -2.35. The average molecular weight is 383 g/mol. The number of carbonyl (C=O) groups excluding carboxylic acids is 1. The van der Waals surface area contributed by atoms with E-state index in [2.05, 4.69) is 14.9 Å². The van der Waals surface area contributed by atoms with Gasteiger partial charge >= 0.3 is 5.97 Å². The first-order chi connectivity index (χ1) is 12.4. The van der Waals surface area contributed by atoms with Gasteiger partial charge in [0.2, 0.25) is 0 Å². The van der Waals surface area contributed by atoms with E-state index >= 15 is 0 Å². The number of hydrogen-bond donors (Lipinski definition) is 1. The Morgan fingerprint density at radius 2 is 2.00 bits per heavy atom. The highest BCUT2D eigenvalue weighted by atomic mass is 35.5. The molecule has 1 saturated heterocycles. The van der Waals surface area contributed by atoms with Crippen LogP contribution in [0, 0.1) is 11.6 Å². The van der Waals surface area contributed by atoms with Crippen LogP contribution in [0.3, 0.4) is 0 Å². The van der Waals surface area contributed by atoms with Gasteiger partial charge in [0.05, 0.1) is 18.4 Å². The molecule has 1 aliphatic rings. The van der Waals surface area contributed by atoms with Crippen LogP contribution in [0.4, 0.5) is 20.3 Å². The Hall–Kier alpha value is -2.48. The lowest BCUT2D eigenvalue weighted by molar-refractivity contribution is 0.0599. The highest BCUT2D eigenvalue weighted by Crippen LogP contribution is 2.35. The second-order valence-corrected chi connectivity index (χ2v) is 6.46. The van der Waals surface area contributed by atoms with Crippen molar-refractivity contribution in [1.82, 2.24) is 10.2 Å². The van der Waals surface area contributed by atoms with E-state index in [1.54, 1.807) is 6.07 Å². The monoisotopic (exact) mass is 382 g/mol. The third-order valence-electron chi connectivity index (χ3n) is 4.44. The van der Waals surface area contributed by atoms with Crippen LogP contribution < -0.4 is 10.6 Å². The maximum Gasteiger partial charge on any atom is 0.338 e. The van der Waals surface area contributed by atoms with Gasteiger partial charge < -0.3 is 15.4 Å². The lowest BCUT2D eigenvalue weighted by atomic mass is 9.89. The first-order valence-corrected chi connectivity index (χ1v) is 8.39. The number of carbonyl (C=O) groups is 1. The van der Waals surface area contributed by atoms with Gasteiger partial charge in [0.25, 0.3) is 0 Å². The Morgan fingerprint density at radius 3 is 2.65 bits per heavy atom. The highest BCUT2D eigenvalue weighted by molar-refractivity contribution is 6.29. The molecule has 0 radical (unpaired) electrons. The number of rotatable bonds is 3. The molecule has 2 heterocycles. The van der Waals surface area contributed by atoms with Gasteiger partial charge in [0.1, 0.15) is 11.6 Å². The maximum absolute atomic E-state index is 14.5. The topological polar surface area (TPSA) is 81.3 Å². The number of aromatic nitrogens is 2. The Bertz CT molecular complexity index is 827. The van der Waals surface area contributed by atoms with Crippen molar-refractivity contribution in [3.05, 3.63) is 46.1 Å². The quantitative estimate of drug-likeness (QED) is 0.821. The van der Waals surface area contributed by atoms with Crippen molar-refractivity contribution in [1.29, 1.82) is 0 Å². The van der Waals surface area contributed by atoms with E-state index in [4.69, 9.17) is 17.3 Å². The first kappa shape index (κ1) is 18.3. The molecule has 6 nitrogen and oxygen atoms in total. The highest BCUT2D eigenvalue weighted by Gasteiger charge is 2.29. The molecule has 1 aromatic carbocycles. The molecule has 138 valence electrons. The van der Waals surface area contributed by atoms with E-state index in [0.717, 1.165) is 19.2 Å². The maximum atomic E-state index is 14.5. The van der Waals surface area contributed by atoms with Crippen LogP contribution in [-0.4, -0.2) is 36.4 Å². The fourth-order valence-electron chi connectivity index (χ4n) is 3.26. The summed E-state index contributed by atoms with van der Waals surface area (Å²) >= 11 is 5.88. The van der Waals surface area contributed by atoms with Gasteiger partial charge in [0, 0.05) is 30.6 Å².